The number of nitrogens with two attached hydrogens (primary N) is 1. The minimum absolute atomic E-state index is 0.0517. The Morgan fingerprint density at radius 3 is 2.67 bits per heavy atom. The minimum Gasteiger partial charge on any atom is -0.464 e. The molecule has 42 heavy (non-hydrogen) atoms. The summed E-state index contributed by atoms with van der Waals surface area (Å²) in [6, 6.07) is 7.47. The van der Waals surface area contributed by atoms with E-state index in [-0.39, 0.29) is 48.6 Å². The molecule has 0 radical (unpaired) electrons. The zero-order valence-corrected chi connectivity index (χ0v) is 25.0. The lowest BCUT2D eigenvalue weighted by Crippen LogP contribution is -2.36. The molecule has 0 bridgehead atoms. The highest BCUT2D eigenvalue weighted by Gasteiger charge is 2.51. The fourth-order valence-electron chi connectivity index (χ4n) is 4.72. The third kappa shape index (κ3) is 7.65. The number of H-pyrrole nitrogens is 1. The largest absolute Gasteiger partial charge is 0.464 e. The molecule has 5 N–H and O–H groups in total. The molecule has 2 heterocycles. The van der Waals surface area contributed by atoms with Crippen LogP contribution in [0.5, 0.6) is 5.75 Å². The summed E-state index contributed by atoms with van der Waals surface area (Å²) < 4.78 is 32.6. The molecule has 1 aliphatic rings. The molecule has 0 amide bonds. The van der Waals surface area contributed by atoms with E-state index in [0.29, 0.717) is 6.42 Å². The SMILES string of the molecule is CCCC(CCC)COC(=O)[C@H](C)NP(=O)(OC[C@]1(CO)C/C1=C/n1cnc2c(=O)[nH]c(N)nc21)Oc1ccccc1. The predicted molar refractivity (Wildman–Crippen MR) is 158 cm³/mol. The van der Waals surface area contributed by atoms with E-state index in [1.807, 2.05) is 0 Å². The number of aliphatic hydroxyl groups excluding tert-OH is 1. The van der Waals surface area contributed by atoms with Crippen molar-refractivity contribution < 1.29 is 28.3 Å². The Labute approximate surface area is 244 Å². The molecule has 4 rings (SSSR count). The number of ether oxygens (including phenoxy) is 1. The van der Waals surface area contributed by atoms with Gasteiger partial charge in [0.05, 0.1) is 19.8 Å². The van der Waals surface area contributed by atoms with Crippen LogP contribution in [0.4, 0.5) is 5.95 Å². The van der Waals surface area contributed by atoms with Crippen LogP contribution < -0.4 is 20.9 Å². The van der Waals surface area contributed by atoms with Gasteiger partial charge >= 0.3 is 13.7 Å². The van der Waals surface area contributed by atoms with Crippen molar-refractivity contribution in [3.8, 4) is 5.75 Å². The van der Waals surface area contributed by atoms with Gasteiger partial charge in [-0.15, -0.1) is 0 Å². The monoisotopic (exact) mass is 602 g/mol. The van der Waals surface area contributed by atoms with Crippen LogP contribution in [0.15, 0.2) is 47.0 Å². The van der Waals surface area contributed by atoms with Crippen molar-refractivity contribution >= 4 is 37.0 Å². The van der Waals surface area contributed by atoms with Crippen molar-refractivity contribution in [3.05, 3.63) is 52.6 Å². The third-order valence-electron chi connectivity index (χ3n) is 7.17. The number of esters is 1. The molecule has 1 fully saturated rings. The number of anilines is 1. The summed E-state index contributed by atoms with van der Waals surface area (Å²) in [6.45, 7) is 5.53. The Hall–Kier alpha value is -3.51. The van der Waals surface area contributed by atoms with Gasteiger partial charge in [0.15, 0.2) is 11.2 Å². The van der Waals surface area contributed by atoms with Crippen LogP contribution in [0.1, 0.15) is 52.9 Å². The lowest BCUT2D eigenvalue weighted by atomic mass is 9.99. The normalized spacial score (nSPS) is 19.6. The number of benzene rings is 1. The molecule has 1 aromatic carbocycles. The van der Waals surface area contributed by atoms with Crippen LogP contribution in [-0.2, 0) is 18.6 Å². The van der Waals surface area contributed by atoms with Crippen LogP contribution in [0.2, 0.25) is 0 Å². The summed E-state index contributed by atoms with van der Waals surface area (Å²) in [5, 5.41) is 13.0. The first kappa shape index (κ1) is 31.4. The lowest BCUT2D eigenvalue weighted by Gasteiger charge is -2.25. The van der Waals surface area contributed by atoms with Gasteiger partial charge in [0, 0.05) is 11.6 Å². The number of para-hydroxylation sites is 1. The number of nitrogen functional groups attached to an aromatic ring is 1. The van der Waals surface area contributed by atoms with Gasteiger partial charge < -0.3 is 20.1 Å². The third-order valence-corrected chi connectivity index (χ3v) is 8.80. The number of imidazole rings is 1. The molecule has 1 aliphatic carbocycles. The molecular formula is C28H39N6O7P. The first-order chi connectivity index (χ1) is 20.1. The second kappa shape index (κ2) is 13.6. The number of fused-ring (bicyclic) bond motifs is 1. The van der Waals surface area contributed by atoms with Gasteiger partial charge in [-0.3, -0.25) is 23.7 Å². The van der Waals surface area contributed by atoms with Crippen LogP contribution in [0.25, 0.3) is 17.4 Å². The van der Waals surface area contributed by atoms with Gasteiger partial charge in [-0.1, -0.05) is 44.9 Å². The molecule has 1 saturated carbocycles. The molecule has 3 aromatic rings. The molecule has 13 nitrogen and oxygen atoms in total. The van der Waals surface area contributed by atoms with Crippen molar-refractivity contribution in [2.75, 3.05) is 25.6 Å². The number of nitrogens with one attached hydrogen (secondary N) is 2. The zero-order chi connectivity index (χ0) is 30.3. The standard InChI is InChI=1S/C28H39N6O7P/c1-4-9-20(10-5-2)15-39-26(37)19(3)33-42(38,41-22-11-7-6-8-12-22)40-17-28(16-35)13-21(28)14-34-18-30-23-24(34)31-27(29)32-25(23)36/h6-8,11-12,14,18-20,35H,4-5,9-10,13,15-17H2,1-3H3,(H,33,38)(H3,29,31,32,36)/b21-14-/t19-,28+,42?/m0/s1. The molecule has 0 aliphatic heterocycles. The molecule has 0 saturated heterocycles. The van der Waals surface area contributed by atoms with E-state index in [1.165, 1.54) is 17.8 Å². The summed E-state index contributed by atoms with van der Waals surface area (Å²) in [5.41, 5.74) is 5.49. The summed E-state index contributed by atoms with van der Waals surface area (Å²) in [4.78, 5) is 35.6. The van der Waals surface area contributed by atoms with E-state index in [2.05, 4.69) is 33.9 Å². The molecule has 3 atom stereocenters. The van der Waals surface area contributed by atoms with Crippen molar-refractivity contribution in [1.82, 2.24) is 24.6 Å². The summed E-state index contributed by atoms with van der Waals surface area (Å²) in [5.74, 6) is -0.0698. The second-order valence-electron chi connectivity index (χ2n) is 10.6. The number of aliphatic hydroxyl groups is 1. The van der Waals surface area contributed by atoms with Crippen LogP contribution >= 0.6 is 7.75 Å². The van der Waals surface area contributed by atoms with Crippen LogP contribution in [-0.4, -0.2) is 56.5 Å². The van der Waals surface area contributed by atoms with Crippen LogP contribution in [0, 0.1) is 11.3 Å². The van der Waals surface area contributed by atoms with Crippen molar-refractivity contribution in [2.24, 2.45) is 11.3 Å². The Morgan fingerprint density at radius 1 is 1.29 bits per heavy atom. The summed E-state index contributed by atoms with van der Waals surface area (Å²) in [7, 11) is -4.13. The Bertz CT molecular complexity index is 1500. The Balaban J connectivity index is 1.48. The number of nitrogens with zero attached hydrogens (tertiary/aromatic N) is 3. The topological polar surface area (TPSA) is 184 Å². The zero-order valence-electron chi connectivity index (χ0n) is 24.1. The maximum absolute atomic E-state index is 14.0. The number of rotatable bonds is 16. The molecule has 1 unspecified atom stereocenters. The average Bonchev–Trinajstić information content (AvgIpc) is 3.51. The van der Waals surface area contributed by atoms with E-state index >= 15 is 0 Å². The maximum Gasteiger partial charge on any atom is 0.459 e. The van der Waals surface area contributed by atoms with Crippen molar-refractivity contribution in [2.45, 2.75) is 58.9 Å². The minimum atomic E-state index is -4.13. The van der Waals surface area contributed by atoms with Crippen molar-refractivity contribution in [3.63, 3.8) is 0 Å². The Morgan fingerprint density at radius 2 is 2.00 bits per heavy atom. The average molecular weight is 603 g/mol. The van der Waals surface area contributed by atoms with Gasteiger partial charge in [-0.05, 0) is 49.8 Å². The van der Waals surface area contributed by atoms with E-state index in [1.54, 1.807) is 36.5 Å². The van der Waals surface area contributed by atoms with E-state index in [9.17, 15) is 19.3 Å². The van der Waals surface area contributed by atoms with Crippen LogP contribution in [0.3, 0.4) is 0 Å². The van der Waals surface area contributed by atoms with E-state index in [0.717, 1.165) is 31.3 Å². The molecule has 228 valence electrons. The molecule has 2 aromatic heterocycles. The summed E-state index contributed by atoms with van der Waals surface area (Å²) in [6.07, 6.45) is 7.41. The van der Waals surface area contributed by atoms with Gasteiger partial charge in [0.2, 0.25) is 5.95 Å². The number of hydrogen-bond donors (Lipinski definition) is 4. The van der Waals surface area contributed by atoms with Gasteiger partial charge in [0.25, 0.3) is 5.56 Å². The van der Waals surface area contributed by atoms with E-state index < -0.39 is 30.7 Å². The number of hydrogen-bond acceptors (Lipinski definition) is 10. The smallest absolute Gasteiger partial charge is 0.459 e. The number of aromatic amines is 1. The predicted octanol–water partition coefficient (Wildman–Crippen LogP) is 3.87. The Kier molecular flexibility index (Phi) is 10.2. The summed E-state index contributed by atoms with van der Waals surface area (Å²) >= 11 is 0. The van der Waals surface area contributed by atoms with Crippen molar-refractivity contribution in [1.29, 1.82) is 0 Å². The first-order valence-electron chi connectivity index (χ1n) is 14.1. The van der Waals surface area contributed by atoms with Gasteiger partial charge in [-0.25, -0.2) is 9.55 Å². The fraction of sp³-hybridized carbons (Fsp3) is 0.500. The van der Waals surface area contributed by atoms with Gasteiger partial charge in [0.1, 0.15) is 18.1 Å². The highest BCUT2D eigenvalue weighted by atomic mass is 31.2. The quantitative estimate of drug-likeness (QED) is 0.138. The lowest BCUT2D eigenvalue weighted by molar-refractivity contribution is -0.146. The second-order valence-corrected chi connectivity index (χ2v) is 12.3. The molecule has 0 spiro atoms. The first-order valence-corrected chi connectivity index (χ1v) is 15.6. The highest BCUT2D eigenvalue weighted by molar-refractivity contribution is 7.52. The number of carbonyl (C=O) groups excluding carboxylic acids is 1. The maximum atomic E-state index is 14.0. The fourth-order valence-corrected chi connectivity index (χ4v) is 6.29. The molecule has 14 heteroatoms. The highest BCUT2D eigenvalue weighted by Crippen LogP contribution is 2.56. The number of aromatic nitrogens is 4. The molecular weight excluding hydrogens is 563 g/mol. The number of carbonyl (C=O) groups is 1. The van der Waals surface area contributed by atoms with E-state index in [4.69, 9.17) is 19.5 Å². The van der Waals surface area contributed by atoms with Gasteiger partial charge in [-0.2, -0.15) is 10.1 Å².